The molecule has 0 aliphatic heterocycles. The van der Waals surface area contributed by atoms with Crippen LogP contribution >= 0.6 is 34.2 Å². The van der Waals surface area contributed by atoms with E-state index in [0.717, 1.165) is 6.07 Å². The van der Waals surface area contributed by atoms with Crippen molar-refractivity contribution in [1.29, 1.82) is 0 Å². The Morgan fingerprint density at radius 3 is 2.43 bits per heavy atom. The summed E-state index contributed by atoms with van der Waals surface area (Å²) in [5, 5.41) is 4.22. The van der Waals surface area contributed by atoms with E-state index in [0.29, 0.717) is 3.57 Å². The zero-order valence-electron chi connectivity index (χ0n) is 6.70. The Balaban J connectivity index is 3.44. The van der Waals surface area contributed by atoms with Crippen LogP contribution in [0.1, 0.15) is 10.4 Å². The van der Waals surface area contributed by atoms with Crippen molar-refractivity contribution >= 4 is 49.5 Å². The molecule has 0 radical (unpaired) electrons. The van der Waals surface area contributed by atoms with Gasteiger partial charge in [0.25, 0.3) is 5.24 Å². The molecule has 14 heavy (non-hydrogen) atoms. The molecule has 7 heteroatoms. The molecule has 0 aromatic heterocycles. The van der Waals surface area contributed by atoms with Gasteiger partial charge in [-0.15, -0.1) is 0 Å². The van der Waals surface area contributed by atoms with Gasteiger partial charge in [0.05, 0.1) is 4.90 Å². The lowest BCUT2D eigenvalue weighted by Gasteiger charge is -2.02. The number of carbonyl (C=O) groups is 1. The van der Waals surface area contributed by atoms with Crippen LogP contribution in [-0.2, 0) is 10.0 Å². The highest BCUT2D eigenvalue weighted by molar-refractivity contribution is 14.1. The number of primary sulfonamides is 1. The molecule has 0 fully saturated rings. The van der Waals surface area contributed by atoms with Gasteiger partial charge in [0.15, 0.2) is 0 Å². The fraction of sp³-hybridized carbons (Fsp3) is 0. The zero-order chi connectivity index (χ0) is 10.9. The molecular formula is C7H5ClINO3S. The fourth-order valence-electron chi connectivity index (χ4n) is 0.844. The minimum atomic E-state index is -3.81. The fourth-order valence-corrected chi connectivity index (χ4v) is 2.85. The van der Waals surface area contributed by atoms with E-state index in [1.165, 1.54) is 12.1 Å². The van der Waals surface area contributed by atoms with E-state index in [-0.39, 0.29) is 10.5 Å². The SMILES string of the molecule is NS(=O)(=O)c1cc(C(=O)Cl)ccc1I. The summed E-state index contributed by atoms with van der Waals surface area (Å²) in [6, 6.07) is 4.06. The van der Waals surface area contributed by atoms with E-state index < -0.39 is 15.3 Å². The lowest BCUT2D eigenvalue weighted by Crippen LogP contribution is -2.14. The first-order chi connectivity index (χ1) is 6.32. The second-order valence-electron chi connectivity index (χ2n) is 2.46. The molecule has 1 aromatic carbocycles. The smallest absolute Gasteiger partial charge is 0.252 e. The lowest BCUT2D eigenvalue weighted by molar-refractivity contribution is 0.108. The lowest BCUT2D eigenvalue weighted by atomic mass is 10.2. The van der Waals surface area contributed by atoms with E-state index in [1.54, 1.807) is 0 Å². The van der Waals surface area contributed by atoms with Gasteiger partial charge in [0.2, 0.25) is 10.0 Å². The predicted octanol–water partition coefficient (Wildman–Crippen LogP) is 1.32. The third kappa shape index (κ3) is 2.66. The summed E-state index contributed by atoms with van der Waals surface area (Å²) in [4.78, 5) is 10.7. The molecule has 2 N–H and O–H groups in total. The molecular weight excluding hydrogens is 341 g/mol. The maximum absolute atomic E-state index is 11.0. The monoisotopic (exact) mass is 345 g/mol. The van der Waals surface area contributed by atoms with Crippen LogP contribution in [0.25, 0.3) is 0 Å². The van der Waals surface area contributed by atoms with Gasteiger partial charge < -0.3 is 0 Å². The largest absolute Gasteiger partial charge is 0.276 e. The quantitative estimate of drug-likeness (QED) is 0.649. The average molecular weight is 346 g/mol. The van der Waals surface area contributed by atoms with Crippen molar-refractivity contribution in [2.45, 2.75) is 4.90 Å². The number of halogens is 2. The first-order valence-electron chi connectivity index (χ1n) is 3.34. The number of hydrogen-bond donors (Lipinski definition) is 1. The maximum atomic E-state index is 11.0. The Hall–Kier alpha value is -0.180. The molecule has 0 bridgehead atoms. The number of hydrogen-bond acceptors (Lipinski definition) is 3. The Kier molecular flexibility index (Phi) is 3.51. The number of carbonyl (C=O) groups excluding carboxylic acids is 1. The summed E-state index contributed by atoms with van der Waals surface area (Å²) in [7, 11) is -3.81. The summed E-state index contributed by atoms with van der Waals surface area (Å²) in [6.07, 6.45) is 0. The summed E-state index contributed by atoms with van der Waals surface area (Å²) in [6.45, 7) is 0. The summed E-state index contributed by atoms with van der Waals surface area (Å²) in [5.41, 5.74) is 0.108. The summed E-state index contributed by atoms with van der Waals surface area (Å²) < 4.78 is 22.5. The van der Waals surface area contributed by atoms with Gasteiger partial charge in [-0.25, -0.2) is 13.6 Å². The molecule has 0 aliphatic rings. The molecule has 1 aromatic rings. The highest BCUT2D eigenvalue weighted by Gasteiger charge is 2.14. The molecule has 0 saturated heterocycles. The molecule has 0 saturated carbocycles. The van der Waals surface area contributed by atoms with E-state index in [2.05, 4.69) is 0 Å². The molecule has 0 aliphatic carbocycles. The standard InChI is InChI=1S/C7H5ClINO3S/c8-7(11)4-1-2-5(9)6(3-4)14(10,12)13/h1-3H,(H2,10,12,13). The van der Waals surface area contributed by atoms with Crippen molar-refractivity contribution in [2.24, 2.45) is 5.14 Å². The van der Waals surface area contributed by atoms with Gasteiger partial charge in [0, 0.05) is 9.13 Å². The Labute approximate surface area is 99.6 Å². The van der Waals surface area contributed by atoms with Gasteiger partial charge in [-0.05, 0) is 52.4 Å². The molecule has 0 unspecified atom stereocenters. The van der Waals surface area contributed by atoms with Gasteiger partial charge in [-0.2, -0.15) is 0 Å². The molecule has 76 valence electrons. The van der Waals surface area contributed by atoms with Gasteiger partial charge in [0.1, 0.15) is 0 Å². The average Bonchev–Trinajstić information content (AvgIpc) is 2.02. The van der Waals surface area contributed by atoms with E-state index in [4.69, 9.17) is 16.7 Å². The van der Waals surface area contributed by atoms with Gasteiger partial charge >= 0.3 is 0 Å². The number of benzene rings is 1. The van der Waals surface area contributed by atoms with E-state index in [9.17, 15) is 13.2 Å². The van der Waals surface area contributed by atoms with Crippen LogP contribution in [0.2, 0.25) is 0 Å². The Bertz CT molecular complexity index is 486. The second-order valence-corrected chi connectivity index (χ2v) is 5.50. The molecule has 0 atom stereocenters. The highest BCUT2D eigenvalue weighted by atomic mass is 127. The molecule has 0 spiro atoms. The topological polar surface area (TPSA) is 77.2 Å². The van der Waals surface area contributed by atoms with Crippen molar-refractivity contribution in [2.75, 3.05) is 0 Å². The first-order valence-corrected chi connectivity index (χ1v) is 6.35. The van der Waals surface area contributed by atoms with Crippen molar-refractivity contribution in [3.63, 3.8) is 0 Å². The van der Waals surface area contributed by atoms with Crippen LogP contribution in [0, 0.1) is 3.57 Å². The van der Waals surface area contributed by atoms with Crippen LogP contribution < -0.4 is 5.14 Å². The van der Waals surface area contributed by atoms with Crippen LogP contribution in [0.3, 0.4) is 0 Å². The van der Waals surface area contributed by atoms with Crippen molar-refractivity contribution in [1.82, 2.24) is 0 Å². The molecule has 1 rings (SSSR count). The minimum Gasteiger partial charge on any atom is -0.276 e. The second kappa shape index (κ2) is 4.13. The van der Waals surface area contributed by atoms with Crippen molar-refractivity contribution in [3.8, 4) is 0 Å². The van der Waals surface area contributed by atoms with Crippen LogP contribution in [0.15, 0.2) is 23.1 Å². The third-order valence-electron chi connectivity index (χ3n) is 1.46. The third-order valence-corrected chi connectivity index (χ3v) is 3.94. The first kappa shape index (κ1) is 11.9. The number of sulfonamides is 1. The number of rotatable bonds is 2. The van der Waals surface area contributed by atoms with Crippen LogP contribution in [0.4, 0.5) is 0 Å². The number of nitrogens with two attached hydrogens (primary N) is 1. The van der Waals surface area contributed by atoms with Crippen LogP contribution in [-0.4, -0.2) is 13.7 Å². The van der Waals surface area contributed by atoms with Crippen molar-refractivity contribution in [3.05, 3.63) is 27.3 Å². The highest BCUT2D eigenvalue weighted by Crippen LogP contribution is 2.19. The summed E-state index contributed by atoms with van der Waals surface area (Å²) in [5.74, 6) is 0. The van der Waals surface area contributed by atoms with Gasteiger partial charge in [-0.3, -0.25) is 4.79 Å². The Morgan fingerprint density at radius 2 is 2.00 bits per heavy atom. The summed E-state index contributed by atoms with van der Waals surface area (Å²) >= 11 is 7.01. The van der Waals surface area contributed by atoms with Gasteiger partial charge in [-0.1, -0.05) is 0 Å². The maximum Gasteiger partial charge on any atom is 0.252 e. The molecule has 0 heterocycles. The van der Waals surface area contributed by atoms with E-state index in [1.807, 2.05) is 22.6 Å². The van der Waals surface area contributed by atoms with Crippen molar-refractivity contribution < 1.29 is 13.2 Å². The molecule has 0 amide bonds. The van der Waals surface area contributed by atoms with E-state index >= 15 is 0 Å². The zero-order valence-corrected chi connectivity index (χ0v) is 10.4. The molecule has 4 nitrogen and oxygen atoms in total. The predicted molar refractivity (Wildman–Crippen MR) is 60.7 cm³/mol. The Morgan fingerprint density at radius 1 is 1.43 bits per heavy atom. The minimum absolute atomic E-state index is 0.0930. The van der Waals surface area contributed by atoms with Crippen LogP contribution in [0.5, 0.6) is 0 Å². The normalized spacial score (nSPS) is 11.4.